The molecule has 1 N–H and O–H groups in total. The van der Waals surface area contributed by atoms with Crippen LogP contribution in [0.2, 0.25) is 0 Å². The highest BCUT2D eigenvalue weighted by molar-refractivity contribution is 5.66. The first-order chi connectivity index (χ1) is 12.2. The van der Waals surface area contributed by atoms with Crippen molar-refractivity contribution in [2.24, 2.45) is 28.6 Å². The highest BCUT2D eigenvalue weighted by Gasteiger charge is 2.63. The van der Waals surface area contributed by atoms with Crippen molar-refractivity contribution in [3.63, 3.8) is 0 Å². The third-order valence-corrected chi connectivity index (χ3v) is 8.78. The minimum absolute atomic E-state index is 0.0512. The molecule has 0 heterocycles. The van der Waals surface area contributed by atoms with Crippen LogP contribution in [0.3, 0.4) is 0 Å². The molecule has 7 atom stereocenters. The second kappa shape index (κ2) is 5.86. The third kappa shape index (κ3) is 2.34. The van der Waals surface area contributed by atoms with E-state index in [1.54, 1.807) is 0 Å². The smallest absolute Gasteiger partial charge is 0.302 e. The van der Waals surface area contributed by atoms with Gasteiger partial charge >= 0.3 is 5.97 Å². The molecule has 0 spiro atoms. The Hall–Kier alpha value is -1.27. The van der Waals surface area contributed by atoms with E-state index in [0.717, 1.165) is 51.4 Å². The molecule has 4 rings (SSSR count). The van der Waals surface area contributed by atoms with E-state index in [-0.39, 0.29) is 22.9 Å². The van der Waals surface area contributed by atoms with Gasteiger partial charge in [0.25, 0.3) is 0 Å². The highest BCUT2D eigenvalue weighted by atomic mass is 16.5. The SMILES string of the molecule is C#C[C@]1(O)CC[C@@H]2[C@@H]3CC=C4C[C@H](OC(C)=O)CC[C@]4(C)[C@@H]3CC[C@@]21C. The van der Waals surface area contributed by atoms with Crippen LogP contribution in [-0.4, -0.2) is 22.8 Å². The van der Waals surface area contributed by atoms with Crippen molar-refractivity contribution in [1.82, 2.24) is 0 Å². The molecule has 3 heteroatoms. The monoisotopic (exact) mass is 356 g/mol. The lowest BCUT2D eigenvalue weighted by atomic mass is 9.47. The lowest BCUT2D eigenvalue weighted by Gasteiger charge is -2.58. The van der Waals surface area contributed by atoms with Crippen molar-refractivity contribution in [3.05, 3.63) is 11.6 Å². The van der Waals surface area contributed by atoms with Crippen molar-refractivity contribution >= 4 is 5.97 Å². The van der Waals surface area contributed by atoms with Gasteiger partial charge in [0.2, 0.25) is 0 Å². The van der Waals surface area contributed by atoms with Crippen LogP contribution in [0.1, 0.15) is 72.1 Å². The Morgan fingerprint density at radius 1 is 1.23 bits per heavy atom. The summed E-state index contributed by atoms with van der Waals surface area (Å²) in [6.07, 6.45) is 16.3. The molecule has 4 aliphatic rings. The lowest BCUT2D eigenvalue weighted by molar-refractivity contribution is -0.149. The normalized spacial score (nSPS) is 49.9. The third-order valence-electron chi connectivity index (χ3n) is 8.78. The fourth-order valence-corrected chi connectivity index (χ4v) is 7.22. The molecule has 0 amide bonds. The van der Waals surface area contributed by atoms with E-state index in [1.165, 1.54) is 12.5 Å². The summed E-state index contributed by atoms with van der Waals surface area (Å²) in [5.41, 5.74) is 0.655. The highest BCUT2D eigenvalue weighted by Crippen LogP contribution is 2.67. The van der Waals surface area contributed by atoms with Crippen LogP contribution in [0.25, 0.3) is 0 Å². The Labute approximate surface area is 157 Å². The maximum atomic E-state index is 11.3. The van der Waals surface area contributed by atoms with Crippen LogP contribution >= 0.6 is 0 Å². The Kier molecular flexibility index (Phi) is 4.08. The minimum atomic E-state index is -0.930. The molecule has 0 saturated heterocycles. The number of rotatable bonds is 1. The summed E-state index contributed by atoms with van der Waals surface area (Å²) in [5.74, 6) is 4.39. The van der Waals surface area contributed by atoms with Gasteiger partial charge in [-0.15, -0.1) is 6.42 Å². The number of hydrogen-bond acceptors (Lipinski definition) is 3. The molecule has 0 aromatic heterocycles. The Morgan fingerprint density at radius 3 is 2.65 bits per heavy atom. The summed E-state index contributed by atoms with van der Waals surface area (Å²) in [6.45, 7) is 6.18. The summed E-state index contributed by atoms with van der Waals surface area (Å²) < 4.78 is 5.51. The van der Waals surface area contributed by atoms with E-state index in [1.807, 2.05) is 0 Å². The van der Waals surface area contributed by atoms with Crippen molar-refractivity contribution in [3.8, 4) is 12.3 Å². The molecule has 0 aromatic rings. The molecule has 3 nitrogen and oxygen atoms in total. The minimum Gasteiger partial charge on any atom is -0.462 e. The average Bonchev–Trinajstić information content (AvgIpc) is 2.87. The summed E-state index contributed by atoms with van der Waals surface area (Å²) in [5, 5.41) is 11.1. The fraction of sp³-hybridized carbons (Fsp3) is 0.783. The van der Waals surface area contributed by atoms with E-state index in [2.05, 4.69) is 25.8 Å². The van der Waals surface area contributed by atoms with E-state index >= 15 is 0 Å². The van der Waals surface area contributed by atoms with Crippen LogP contribution < -0.4 is 0 Å². The Morgan fingerprint density at radius 2 is 1.96 bits per heavy atom. The molecule has 0 aliphatic heterocycles. The molecule has 0 unspecified atom stereocenters. The number of terminal acetylenes is 1. The summed E-state index contributed by atoms with van der Waals surface area (Å²) >= 11 is 0. The second-order valence-electron chi connectivity index (χ2n) is 9.73. The summed E-state index contributed by atoms with van der Waals surface area (Å²) in [4.78, 5) is 11.3. The number of fused-ring (bicyclic) bond motifs is 5. The molecular formula is C23H32O3. The van der Waals surface area contributed by atoms with Gasteiger partial charge in [0.1, 0.15) is 11.7 Å². The van der Waals surface area contributed by atoms with Crippen molar-refractivity contribution < 1.29 is 14.6 Å². The lowest BCUT2D eigenvalue weighted by Crippen LogP contribution is -2.54. The molecule has 26 heavy (non-hydrogen) atoms. The predicted octanol–water partition coefficient (Wildman–Crippen LogP) is 4.25. The van der Waals surface area contributed by atoms with Gasteiger partial charge in [-0.05, 0) is 68.1 Å². The van der Waals surface area contributed by atoms with Gasteiger partial charge in [-0.3, -0.25) is 4.79 Å². The van der Waals surface area contributed by atoms with Gasteiger partial charge in [-0.2, -0.15) is 0 Å². The molecule has 0 bridgehead atoms. The molecule has 3 saturated carbocycles. The van der Waals surface area contributed by atoms with Gasteiger partial charge in [0.05, 0.1) is 0 Å². The first-order valence-electron chi connectivity index (χ1n) is 10.3. The van der Waals surface area contributed by atoms with Crippen molar-refractivity contribution in [1.29, 1.82) is 0 Å². The van der Waals surface area contributed by atoms with Gasteiger partial charge in [-0.1, -0.05) is 31.4 Å². The van der Waals surface area contributed by atoms with E-state index < -0.39 is 5.60 Å². The number of esters is 1. The van der Waals surface area contributed by atoms with E-state index in [9.17, 15) is 9.90 Å². The zero-order chi connectivity index (χ0) is 18.7. The largest absolute Gasteiger partial charge is 0.462 e. The zero-order valence-electron chi connectivity index (χ0n) is 16.4. The maximum absolute atomic E-state index is 11.3. The van der Waals surface area contributed by atoms with Crippen LogP contribution in [0.5, 0.6) is 0 Å². The first kappa shape index (κ1) is 18.1. The van der Waals surface area contributed by atoms with Crippen molar-refractivity contribution in [2.75, 3.05) is 0 Å². The van der Waals surface area contributed by atoms with Crippen LogP contribution in [-0.2, 0) is 9.53 Å². The maximum Gasteiger partial charge on any atom is 0.302 e. The van der Waals surface area contributed by atoms with Crippen LogP contribution in [0.4, 0.5) is 0 Å². The number of carbonyl (C=O) groups is 1. The quantitative estimate of drug-likeness (QED) is 0.434. The number of allylic oxidation sites excluding steroid dienone is 1. The predicted molar refractivity (Wildman–Crippen MR) is 101 cm³/mol. The Bertz CT molecular complexity index is 688. The van der Waals surface area contributed by atoms with Gasteiger partial charge in [0.15, 0.2) is 0 Å². The summed E-state index contributed by atoms with van der Waals surface area (Å²) in [7, 11) is 0. The number of carbonyl (C=O) groups excluding carboxylic acids is 1. The van der Waals surface area contributed by atoms with E-state index in [4.69, 9.17) is 11.2 Å². The van der Waals surface area contributed by atoms with Crippen molar-refractivity contribution in [2.45, 2.75) is 83.8 Å². The molecule has 4 aliphatic carbocycles. The standard InChI is InChI=1S/C23H32O3/c1-5-23(25)13-10-20-18-7-6-16-14-17(26-15(2)24)8-11-21(16,3)19(18)9-12-22(20,23)4/h1,6,17-20,25H,7-14H2,2-4H3/t17-,18-,19-,20-,21+,22+,23+/m1/s1. The topological polar surface area (TPSA) is 46.5 Å². The van der Waals surface area contributed by atoms with E-state index in [0.29, 0.717) is 17.8 Å². The van der Waals surface area contributed by atoms with Crippen LogP contribution in [0, 0.1) is 40.9 Å². The average molecular weight is 357 g/mol. The number of aliphatic hydroxyl groups is 1. The zero-order valence-corrected chi connectivity index (χ0v) is 16.4. The molecule has 3 fully saturated rings. The molecule has 0 radical (unpaired) electrons. The molecule has 142 valence electrons. The number of hydrogen-bond donors (Lipinski definition) is 1. The molecule has 0 aromatic carbocycles. The second-order valence-corrected chi connectivity index (χ2v) is 9.73. The first-order valence-corrected chi connectivity index (χ1v) is 10.3. The number of ether oxygens (including phenoxy) is 1. The molecular weight excluding hydrogens is 324 g/mol. The Balaban J connectivity index is 1.61. The van der Waals surface area contributed by atoms with Gasteiger partial charge in [0, 0.05) is 18.8 Å². The summed E-state index contributed by atoms with van der Waals surface area (Å²) in [6, 6.07) is 0. The van der Waals surface area contributed by atoms with Gasteiger partial charge in [-0.25, -0.2) is 0 Å². The fourth-order valence-electron chi connectivity index (χ4n) is 7.22. The van der Waals surface area contributed by atoms with Crippen LogP contribution in [0.15, 0.2) is 11.6 Å². The van der Waals surface area contributed by atoms with Gasteiger partial charge < -0.3 is 9.84 Å².